The molecule has 1 aromatic rings. The molecule has 0 saturated carbocycles. The lowest BCUT2D eigenvalue weighted by molar-refractivity contribution is -0.385. The summed E-state index contributed by atoms with van der Waals surface area (Å²) in [5.74, 6) is -0.760. The molecule has 1 heterocycles. The molecule has 1 aliphatic carbocycles. The number of ketones is 1. The first-order valence-corrected chi connectivity index (χ1v) is 10.4. The number of Topliss-reactive ketones (excluding diaryl/α,β-unsaturated/α-hetero) is 1. The van der Waals surface area contributed by atoms with E-state index in [1.807, 2.05) is 4.72 Å². The fraction of sp³-hybridized carbons (Fsp3) is 0.357. The Morgan fingerprint density at radius 2 is 1.88 bits per heavy atom. The molecule has 0 fully saturated rings. The molecular weight excluding hydrogens is 372 g/mol. The summed E-state index contributed by atoms with van der Waals surface area (Å²) in [6.45, 7) is 0. The van der Waals surface area contributed by atoms with E-state index in [4.69, 9.17) is 0 Å². The second kappa shape index (κ2) is 6.00. The number of sulfone groups is 1. The van der Waals surface area contributed by atoms with Crippen LogP contribution < -0.4 is 4.72 Å². The largest absolute Gasteiger partial charge is 0.291 e. The fourth-order valence-corrected chi connectivity index (χ4v) is 6.61. The number of nitro groups is 1. The van der Waals surface area contributed by atoms with E-state index in [0.717, 1.165) is 18.2 Å². The Labute approximate surface area is 143 Å². The number of allylic oxidation sites excluding steroid dienone is 1. The highest BCUT2D eigenvalue weighted by atomic mass is 32.2. The smallest absolute Gasteiger partial charge is 0.270 e. The van der Waals surface area contributed by atoms with Gasteiger partial charge in [0.05, 0.1) is 14.7 Å². The molecule has 134 valence electrons. The molecule has 2 aliphatic rings. The molecule has 3 rings (SSSR count). The highest BCUT2D eigenvalue weighted by molar-refractivity contribution is 7.98. The summed E-state index contributed by atoms with van der Waals surface area (Å²) in [6, 6.07) is 4.17. The lowest BCUT2D eigenvalue weighted by atomic mass is 9.96. The number of hydrogen-bond acceptors (Lipinski definition) is 7. The van der Waals surface area contributed by atoms with Crippen molar-refractivity contribution in [1.82, 2.24) is 4.72 Å². The van der Waals surface area contributed by atoms with Crippen LogP contribution in [0.25, 0.3) is 0 Å². The van der Waals surface area contributed by atoms with Gasteiger partial charge >= 0.3 is 0 Å². The molecule has 9 nitrogen and oxygen atoms in total. The molecule has 1 aromatic carbocycles. The molecular formula is C14H14N2O7S2. The number of benzene rings is 1. The highest BCUT2D eigenvalue weighted by Crippen LogP contribution is 2.38. The van der Waals surface area contributed by atoms with Crippen molar-refractivity contribution >= 4 is 31.3 Å². The van der Waals surface area contributed by atoms with Crippen LogP contribution in [0.2, 0.25) is 0 Å². The maximum absolute atomic E-state index is 12.5. The topological polar surface area (TPSA) is 141 Å². The summed E-state index contributed by atoms with van der Waals surface area (Å²) in [6.07, 6.45) is 1.82. The van der Waals surface area contributed by atoms with Gasteiger partial charge in [-0.25, -0.2) is 16.8 Å². The quantitative estimate of drug-likeness (QED) is 0.601. The van der Waals surface area contributed by atoms with Gasteiger partial charge in [-0.2, -0.15) is 4.72 Å². The van der Waals surface area contributed by atoms with Crippen molar-refractivity contribution in [3.8, 4) is 0 Å². The molecule has 0 aromatic heterocycles. The predicted octanol–water partition coefficient (Wildman–Crippen LogP) is 1.02. The van der Waals surface area contributed by atoms with Gasteiger partial charge in [0.15, 0.2) is 21.0 Å². The zero-order chi connectivity index (χ0) is 18.4. The first kappa shape index (κ1) is 17.7. The third-order valence-corrected chi connectivity index (χ3v) is 7.87. The van der Waals surface area contributed by atoms with E-state index < -0.39 is 46.5 Å². The molecule has 1 unspecified atom stereocenters. The third-order valence-electron chi connectivity index (χ3n) is 4.21. The minimum Gasteiger partial charge on any atom is -0.291 e. The lowest BCUT2D eigenvalue weighted by Crippen LogP contribution is -2.43. The van der Waals surface area contributed by atoms with Gasteiger partial charge in [-0.3, -0.25) is 14.9 Å². The zero-order valence-corrected chi connectivity index (χ0v) is 14.5. The molecule has 1 atom stereocenters. The Bertz CT molecular complexity index is 1010. The lowest BCUT2D eigenvalue weighted by Gasteiger charge is -2.13. The van der Waals surface area contributed by atoms with E-state index in [1.54, 1.807) is 0 Å². The van der Waals surface area contributed by atoms with E-state index in [0.29, 0.717) is 19.3 Å². The van der Waals surface area contributed by atoms with Gasteiger partial charge < -0.3 is 0 Å². The maximum Gasteiger partial charge on any atom is 0.270 e. The molecule has 0 saturated heterocycles. The van der Waals surface area contributed by atoms with E-state index in [2.05, 4.69) is 0 Å². The summed E-state index contributed by atoms with van der Waals surface area (Å²) in [5.41, 5.74) is -0.293. The number of hydrogen-bond donors (Lipinski definition) is 1. The monoisotopic (exact) mass is 386 g/mol. The average Bonchev–Trinajstić information content (AvgIpc) is 2.76. The van der Waals surface area contributed by atoms with Gasteiger partial charge in [0.1, 0.15) is 0 Å². The molecule has 0 amide bonds. The SMILES string of the molecule is O=C1C2=C(CCCC2)S(=O)(=O)C1NS(=O)(=O)c1cccc([N+](=O)[O-])c1. The summed E-state index contributed by atoms with van der Waals surface area (Å²) in [4.78, 5) is 21.9. The first-order valence-electron chi connectivity index (χ1n) is 7.41. The third kappa shape index (κ3) is 2.98. The number of carbonyl (C=O) groups is 1. The van der Waals surface area contributed by atoms with Crippen molar-refractivity contribution in [2.75, 3.05) is 0 Å². The summed E-state index contributed by atoms with van der Waals surface area (Å²) in [7, 11) is -8.53. The van der Waals surface area contributed by atoms with Crippen molar-refractivity contribution in [3.05, 3.63) is 44.9 Å². The zero-order valence-electron chi connectivity index (χ0n) is 12.8. The molecule has 0 spiro atoms. The summed E-state index contributed by atoms with van der Waals surface area (Å²) < 4.78 is 51.8. The molecule has 1 N–H and O–H groups in total. The number of carbonyl (C=O) groups excluding carboxylic acids is 1. The second-order valence-corrected chi connectivity index (χ2v) is 9.54. The second-order valence-electron chi connectivity index (χ2n) is 5.77. The standard InChI is InChI=1S/C14H14N2O7S2/c17-13-11-6-1-2-7-12(11)24(20,21)14(13)15-25(22,23)10-5-3-4-9(8-10)16(18)19/h3-5,8,14-15H,1-2,6-7H2. The van der Waals surface area contributed by atoms with Crippen molar-refractivity contribution < 1.29 is 26.6 Å². The normalized spacial score (nSPS) is 22.7. The van der Waals surface area contributed by atoms with Crippen LogP contribution in [0.15, 0.2) is 39.6 Å². The highest BCUT2D eigenvalue weighted by Gasteiger charge is 2.48. The molecule has 0 radical (unpaired) electrons. The van der Waals surface area contributed by atoms with Crippen LogP contribution in [0.3, 0.4) is 0 Å². The van der Waals surface area contributed by atoms with Crippen molar-refractivity contribution in [1.29, 1.82) is 0 Å². The van der Waals surface area contributed by atoms with E-state index in [1.165, 1.54) is 6.07 Å². The van der Waals surface area contributed by atoms with Gasteiger partial charge in [-0.05, 0) is 31.7 Å². The van der Waals surface area contributed by atoms with Gasteiger partial charge in [0.2, 0.25) is 10.0 Å². The van der Waals surface area contributed by atoms with Gasteiger partial charge in [-0.1, -0.05) is 6.07 Å². The van der Waals surface area contributed by atoms with Crippen LogP contribution >= 0.6 is 0 Å². The van der Waals surface area contributed by atoms with Crippen molar-refractivity contribution in [3.63, 3.8) is 0 Å². The minimum absolute atomic E-state index is 0.00972. The van der Waals surface area contributed by atoms with Crippen LogP contribution in [0.5, 0.6) is 0 Å². The van der Waals surface area contributed by atoms with Crippen molar-refractivity contribution in [2.45, 2.75) is 36.0 Å². The Balaban J connectivity index is 1.96. The maximum atomic E-state index is 12.5. The fourth-order valence-electron chi connectivity index (χ4n) is 2.98. The van der Waals surface area contributed by atoms with E-state index in [-0.39, 0.29) is 16.9 Å². The number of nitrogens with one attached hydrogen (secondary N) is 1. The summed E-state index contributed by atoms with van der Waals surface area (Å²) in [5, 5.41) is 8.88. The molecule has 1 aliphatic heterocycles. The Hall–Kier alpha value is -2.11. The Kier molecular flexibility index (Phi) is 4.25. The van der Waals surface area contributed by atoms with Crippen LogP contribution in [0.4, 0.5) is 5.69 Å². The van der Waals surface area contributed by atoms with Gasteiger partial charge in [0, 0.05) is 17.7 Å². The summed E-state index contributed by atoms with van der Waals surface area (Å²) >= 11 is 0. The van der Waals surface area contributed by atoms with Crippen LogP contribution in [-0.2, 0) is 24.7 Å². The van der Waals surface area contributed by atoms with Crippen LogP contribution in [0, 0.1) is 10.1 Å². The van der Waals surface area contributed by atoms with E-state index in [9.17, 15) is 31.7 Å². The van der Waals surface area contributed by atoms with Crippen molar-refractivity contribution in [2.24, 2.45) is 0 Å². The molecule has 25 heavy (non-hydrogen) atoms. The molecule has 11 heteroatoms. The Morgan fingerprint density at radius 3 is 2.52 bits per heavy atom. The number of rotatable bonds is 4. The van der Waals surface area contributed by atoms with Gasteiger partial charge in [0.25, 0.3) is 5.69 Å². The number of non-ortho nitro benzene ring substituents is 1. The first-order chi connectivity index (χ1) is 11.6. The van der Waals surface area contributed by atoms with E-state index >= 15 is 0 Å². The van der Waals surface area contributed by atoms with Gasteiger partial charge in [-0.15, -0.1) is 0 Å². The number of nitro benzene ring substituents is 1. The van der Waals surface area contributed by atoms with Crippen LogP contribution in [-0.4, -0.2) is 32.9 Å². The minimum atomic E-state index is -4.43. The predicted molar refractivity (Wildman–Crippen MR) is 86.6 cm³/mol. The van der Waals surface area contributed by atoms with Crippen LogP contribution in [0.1, 0.15) is 25.7 Å². The average molecular weight is 386 g/mol. The number of sulfonamides is 1. The Morgan fingerprint density at radius 1 is 1.20 bits per heavy atom. The molecule has 0 bridgehead atoms. The number of nitrogens with zero attached hydrogens (tertiary/aromatic N) is 1.